The van der Waals surface area contributed by atoms with Crippen molar-refractivity contribution < 1.29 is 24.3 Å². The highest BCUT2D eigenvalue weighted by Gasteiger charge is 2.23. The molecule has 0 bridgehead atoms. The highest BCUT2D eigenvalue weighted by Crippen LogP contribution is 2.26. The predicted octanol–water partition coefficient (Wildman–Crippen LogP) is 1.16. The molecule has 0 aromatic heterocycles. The number of nitrogens with zero attached hydrogens (tertiary/aromatic N) is 1. The lowest BCUT2D eigenvalue weighted by Crippen LogP contribution is -2.13. The summed E-state index contributed by atoms with van der Waals surface area (Å²) in [6.07, 6.45) is -2.03. The molecule has 1 aromatic carbocycles. The largest absolute Gasteiger partial charge is 0.479 e. The van der Waals surface area contributed by atoms with Gasteiger partial charge >= 0.3 is 5.97 Å². The van der Waals surface area contributed by atoms with Gasteiger partial charge in [0.1, 0.15) is 5.82 Å². The van der Waals surface area contributed by atoms with Crippen LogP contribution in [0.2, 0.25) is 0 Å². The van der Waals surface area contributed by atoms with Crippen LogP contribution < -0.4 is 0 Å². The number of benzene rings is 1. The van der Waals surface area contributed by atoms with Crippen LogP contribution in [-0.4, -0.2) is 21.1 Å². The van der Waals surface area contributed by atoms with Crippen molar-refractivity contribution >= 4 is 11.7 Å². The maximum absolute atomic E-state index is 13.3. The molecule has 7 heteroatoms. The maximum Gasteiger partial charge on any atom is 0.337 e. The van der Waals surface area contributed by atoms with Crippen LogP contribution in [-0.2, 0) is 4.79 Å². The molecule has 1 atom stereocenters. The molecular weight excluding hydrogens is 221 g/mol. The van der Waals surface area contributed by atoms with E-state index in [1.807, 2.05) is 0 Å². The average molecular weight is 229 g/mol. The van der Waals surface area contributed by atoms with E-state index in [0.717, 1.165) is 6.07 Å². The molecule has 0 heterocycles. The van der Waals surface area contributed by atoms with E-state index in [1.54, 1.807) is 0 Å². The number of nitro benzene ring substituents is 1. The smallest absolute Gasteiger partial charge is 0.337 e. The van der Waals surface area contributed by atoms with Crippen LogP contribution >= 0.6 is 0 Å². The zero-order valence-electron chi connectivity index (χ0n) is 8.18. The first-order valence-electron chi connectivity index (χ1n) is 4.20. The lowest BCUT2D eigenvalue weighted by Gasteiger charge is -2.08. The topological polar surface area (TPSA) is 101 Å². The van der Waals surface area contributed by atoms with Crippen molar-refractivity contribution in [2.45, 2.75) is 13.0 Å². The third kappa shape index (κ3) is 2.14. The minimum absolute atomic E-state index is 0.0849. The van der Waals surface area contributed by atoms with Crippen LogP contribution in [0.25, 0.3) is 0 Å². The van der Waals surface area contributed by atoms with E-state index in [0.29, 0.717) is 6.07 Å². The van der Waals surface area contributed by atoms with Gasteiger partial charge in [-0.05, 0) is 13.0 Å². The van der Waals surface area contributed by atoms with Gasteiger partial charge in [-0.1, -0.05) is 0 Å². The number of rotatable bonds is 3. The Bertz CT molecular complexity index is 459. The summed E-state index contributed by atoms with van der Waals surface area (Å²) in [4.78, 5) is 20.1. The minimum Gasteiger partial charge on any atom is -0.479 e. The molecule has 16 heavy (non-hydrogen) atoms. The zero-order valence-corrected chi connectivity index (χ0v) is 8.18. The number of aliphatic hydroxyl groups excluding tert-OH is 1. The third-order valence-electron chi connectivity index (χ3n) is 2.04. The second-order valence-corrected chi connectivity index (χ2v) is 3.16. The fraction of sp³-hybridized carbons (Fsp3) is 0.222. The summed E-state index contributed by atoms with van der Waals surface area (Å²) in [6.45, 7) is 1.33. The first-order chi connectivity index (χ1) is 7.34. The van der Waals surface area contributed by atoms with Crippen molar-refractivity contribution in [2.75, 3.05) is 0 Å². The fourth-order valence-corrected chi connectivity index (χ4v) is 1.23. The van der Waals surface area contributed by atoms with E-state index < -0.39 is 34.1 Å². The molecule has 0 aliphatic rings. The summed E-state index contributed by atoms with van der Waals surface area (Å²) in [6, 6.07) is 1.54. The van der Waals surface area contributed by atoms with Crippen molar-refractivity contribution in [3.8, 4) is 0 Å². The fourth-order valence-electron chi connectivity index (χ4n) is 1.23. The highest BCUT2D eigenvalue weighted by molar-refractivity contribution is 5.74. The van der Waals surface area contributed by atoms with E-state index in [1.165, 1.54) is 6.92 Å². The number of aliphatic hydroxyl groups is 1. The monoisotopic (exact) mass is 229 g/mol. The molecule has 0 radical (unpaired) electrons. The molecule has 0 saturated carbocycles. The van der Waals surface area contributed by atoms with Gasteiger partial charge in [0.15, 0.2) is 6.10 Å². The molecule has 86 valence electrons. The number of aryl methyl sites for hydroxylation is 1. The predicted molar refractivity (Wildman–Crippen MR) is 50.4 cm³/mol. The molecule has 1 rings (SSSR count). The van der Waals surface area contributed by atoms with E-state index >= 15 is 0 Å². The van der Waals surface area contributed by atoms with E-state index in [2.05, 4.69) is 0 Å². The molecule has 0 spiro atoms. The van der Waals surface area contributed by atoms with Gasteiger partial charge in [-0.3, -0.25) is 10.1 Å². The number of carboxylic acid groups (broad SMARTS) is 1. The Balaban J connectivity index is 3.31. The Morgan fingerprint density at radius 2 is 2.12 bits per heavy atom. The molecule has 0 aliphatic carbocycles. The van der Waals surface area contributed by atoms with Crippen LogP contribution in [0, 0.1) is 22.9 Å². The van der Waals surface area contributed by atoms with E-state index in [4.69, 9.17) is 10.2 Å². The quantitative estimate of drug-likeness (QED) is 0.598. The molecule has 1 aromatic rings. The maximum atomic E-state index is 13.3. The lowest BCUT2D eigenvalue weighted by molar-refractivity contribution is -0.385. The number of hydrogen-bond acceptors (Lipinski definition) is 4. The van der Waals surface area contributed by atoms with Crippen LogP contribution in [0.5, 0.6) is 0 Å². The van der Waals surface area contributed by atoms with Gasteiger partial charge < -0.3 is 10.2 Å². The summed E-state index contributed by atoms with van der Waals surface area (Å²) in [5.41, 5.74) is -0.865. The normalized spacial score (nSPS) is 12.2. The van der Waals surface area contributed by atoms with E-state index in [9.17, 15) is 19.3 Å². The summed E-state index contributed by atoms with van der Waals surface area (Å²) < 4.78 is 13.3. The molecule has 0 saturated heterocycles. The van der Waals surface area contributed by atoms with Gasteiger partial charge in [0.2, 0.25) is 0 Å². The number of nitro groups is 1. The molecule has 0 amide bonds. The number of aliphatic carboxylic acids is 1. The molecule has 6 nitrogen and oxygen atoms in total. The Kier molecular flexibility index (Phi) is 3.19. The molecule has 0 fully saturated rings. The Labute approximate surface area is 89.1 Å². The summed E-state index contributed by atoms with van der Waals surface area (Å²) >= 11 is 0. The Morgan fingerprint density at radius 3 is 2.56 bits per heavy atom. The second-order valence-electron chi connectivity index (χ2n) is 3.16. The standard InChI is InChI=1S/C9H8FNO5/c1-4-2-5(8(12)9(13)14)6(10)3-7(4)11(15)16/h2-3,8,12H,1H3,(H,13,14). The van der Waals surface area contributed by atoms with Gasteiger partial charge in [0.05, 0.1) is 11.0 Å². The number of carbonyl (C=O) groups is 1. The molecule has 1 unspecified atom stereocenters. The summed E-state index contributed by atoms with van der Waals surface area (Å²) in [5.74, 6) is -2.74. The summed E-state index contributed by atoms with van der Waals surface area (Å²) in [7, 11) is 0. The molecule has 2 N–H and O–H groups in total. The first-order valence-corrected chi connectivity index (χ1v) is 4.20. The van der Waals surface area contributed by atoms with Crippen molar-refractivity contribution in [1.29, 1.82) is 0 Å². The van der Waals surface area contributed by atoms with Gasteiger partial charge in [-0.2, -0.15) is 0 Å². The zero-order chi connectivity index (χ0) is 12.5. The second kappa shape index (κ2) is 4.23. The van der Waals surface area contributed by atoms with Crippen molar-refractivity contribution in [1.82, 2.24) is 0 Å². The third-order valence-corrected chi connectivity index (χ3v) is 2.04. The molecular formula is C9H8FNO5. The van der Waals surface area contributed by atoms with Crippen molar-refractivity contribution in [3.05, 3.63) is 39.2 Å². The Hall–Kier alpha value is -2.02. The number of halogens is 1. The van der Waals surface area contributed by atoms with Gasteiger partial charge in [-0.25, -0.2) is 9.18 Å². The number of carboxylic acids is 1. The van der Waals surface area contributed by atoms with Crippen LogP contribution in [0.3, 0.4) is 0 Å². The van der Waals surface area contributed by atoms with Gasteiger partial charge in [-0.15, -0.1) is 0 Å². The SMILES string of the molecule is Cc1cc(C(O)C(=O)O)c(F)cc1[N+](=O)[O-]. The first kappa shape index (κ1) is 12.1. The molecule has 0 aliphatic heterocycles. The number of hydrogen-bond donors (Lipinski definition) is 2. The van der Waals surface area contributed by atoms with Gasteiger partial charge in [0.25, 0.3) is 5.69 Å². The minimum atomic E-state index is -2.03. The van der Waals surface area contributed by atoms with E-state index in [-0.39, 0.29) is 5.56 Å². The van der Waals surface area contributed by atoms with Crippen LogP contribution in [0.15, 0.2) is 12.1 Å². The van der Waals surface area contributed by atoms with Crippen LogP contribution in [0.1, 0.15) is 17.2 Å². The van der Waals surface area contributed by atoms with Gasteiger partial charge in [0, 0.05) is 11.1 Å². The van der Waals surface area contributed by atoms with Crippen molar-refractivity contribution in [2.24, 2.45) is 0 Å². The lowest BCUT2D eigenvalue weighted by atomic mass is 10.0. The highest BCUT2D eigenvalue weighted by atomic mass is 19.1. The average Bonchev–Trinajstić information content (AvgIpc) is 2.19. The summed E-state index contributed by atoms with van der Waals surface area (Å²) in [5, 5.41) is 28.1. The Morgan fingerprint density at radius 1 is 1.56 bits per heavy atom. The van der Waals surface area contributed by atoms with Crippen molar-refractivity contribution in [3.63, 3.8) is 0 Å². The van der Waals surface area contributed by atoms with Crippen LogP contribution in [0.4, 0.5) is 10.1 Å².